The van der Waals surface area contributed by atoms with Gasteiger partial charge in [-0.2, -0.15) is 10.5 Å². The molecule has 0 bridgehead atoms. The van der Waals surface area contributed by atoms with Crippen LogP contribution in [0.3, 0.4) is 0 Å². The zero-order valence-electron chi connectivity index (χ0n) is 9.68. The highest BCUT2D eigenvalue weighted by Gasteiger charge is 2.18. The Morgan fingerprint density at radius 3 is 1.84 bits per heavy atom. The highest BCUT2D eigenvalue weighted by atomic mass is 79.9. The van der Waals surface area contributed by atoms with Crippen LogP contribution in [0.1, 0.15) is 11.1 Å². The molecule has 0 aliphatic heterocycles. The van der Waals surface area contributed by atoms with Gasteiger partial charge >= 0.3 is 0 Å². The molecule has 2 aromatic rings. The molecule has 6 heteroatoms. The van der Waals surface area contributed by atoms with Gasteiger partial charge in [-0.3, -0.25) is 0 Å². The smallest absolute Gasteiger partial charge is 0.144 e. The molecule has 92 valence electrons. The number of rotatable bonds is 1. The van der Waals surface area contributed by atoms with Crippen molar-refractivity contribution in [3.05, 3.63) is 39.9 Å². The van der Waals surface area contributed by atoms with Crippen LogP contribution in [0.2, 0.25) is 0 Å². The number of nitrogens with zero attached hydrogens (tertiary/aromatic N) is 3. The molecular formula is C13H8BrN5. The summed E-state index contributed by atoms with van der Waals surface area (Å²) in [5, 5.41) is 18.4. The Balaban J connectivity index is 2.85. The molecule has 0 saturated carbocycles. The Morgan fingerprint density at radius 2 is 1.42 bits per heavy atom. The largest absolute Gasteiger partial charge is 0.383 e. The van der Waals surface area contributed by atoms with Crippen LogP contribution in [-0.4, -0.2) is 4.98 Å². The lowest BCUT2D eigenvalue weighted by atomic mass is 9.96. The molecule has 1 aromatic heterocycles. The van der Waals surface area contributed by atoms with E-state index in [2.05, 4.69) is 20.9 Å². The number of hydrogen-bond acceptors (Lipinski definition) is 5. The second-order valence-electron chi connectivity index (χ2n) is 3.74. The summed E-state index contributed by atoms with van der Waals surface area (Å²) < 4.78 is 0.892. The minimum absolute atomic E-state index is 0.0249. The average molecular weight is 314 g/mol. The first-order valence-corrected chi connectivity index (χ1v) is 6.03. The van der Waals surface area contributed by atoms with Gasteiger partial charge in [-0.05, 0) is 17.7 Å². The normalized spacial score (nSPS) is 9.63. The summed E-state index contributed by atoms with van der Waals surface area (Å²) in [6.45, 7) is 0. The minimum Gasteiger partial charge on any atom is -0.383 e. The number of pyridine rings is 1. The average Bonchev–Trinajstić information content (AvgIpc) is 2.39. The topological polar surface area (TPSA) is 113 Å². The fourth-order valence-corrected chi connectivity index (χ4v) is 2.02. The van der Waals surface area contributed by atoms with Crippen LogP contribution in [-0.2, 0) is 0 Å². The van der Waals surface area contributed by atoms with Gasteiger partial charge in [0.25, 0.3) is 0 Å². The Morgan fingerprint density at radius 1 is 0.947 bits per heavy atom. The lowest BCUT2D eigenvalue weighted by Crippen LogP contribution is -2.05. The number of nitrogens with two attached hydrogens (primary N) is 2. The van der Waals surface area contributed by atoms with Crippen molar-refractivity contribution >= 4 is 27.6 Å². The van der Waals surface area contributed by atoms with Crippen LogP contribution in [0.15, 0.2) is 28.7 Å². The molecule has 5 nitrogen and oxygen atoms in total. The third-order valence-corrected chi connectivity index (χ3v) is 3.14. The molecular weight excluding hydrogens is 306 g/mol. The second kappa shape index (κ2) is 4.97. The number of halogens is 1. The van der Waals surface area contributed by atoms with Gasteiger partial charge in [-0.15, -0.1) is 0 Å². The second-order valence-corrected chi connectivity index (χ2v) is 4.65. The first-order valence-electron chi connectivity index (χ1n) is 5.23. The molecule has 0 aliphatic rings. The summed E-state index contributed by atoms with van der Waals surface area (Å²) in [6, 6.07) is 11.1. The van der Waals surface area contributed by atoms with Gasteiger partial charge < -0.3 is 11.5 Å². The quantitative estimate of drug-likeness (QED) is 0.839. The van der Waals surface area contributed by atoms with Gasteiger partial charge in [0, 0.05) is 10.0 Å². The van der Waals surface area contributed by atoms with Crippen LogP contribution in [0.4, 0.5) is 11.6 Å². The van der Waals surface area contributed by atoms with Gasteiger partial charge in [0.2, 0.25) is 0 Å². The standard InChI is InChI=1S/C13H8BrN5/c14-8-3-1-7(2-4-8)11-9(5-15)12(17)19-13(18)10(11)6-16/h1-4H,(H4,17,18,19). The Labute approximate surface area is 118 Å². The molecule has 0 amide bonds. The molecule has 1 aromatic carbocycles. The number of nitriles is 2. The molecule has 0 radical (unpaired) electrons. The maximum atomic E-state index is 9.20. The van der Waals surface area contributed by atoms with Crippen molar-refractivity contribution in [2.45, 2.75) is 0 Å². The lowest BCUT2D eigenvalue weighted by Gasteiger charge is -2.10. The molecule has 0 unspecified atom stereocenters. The zero-order chi connectivity index (χ0) is 14.0. The van der Waals surface area contributed by atoms with Gasteiger partial charge in [0.1, 0.15) is 34.9 Å². The molecule has 0 atom stereocenters. The van der Waals surface area contributed by atoms with Crippen LogP contribution < -0.4 is 11.5 Å². The lowest BCUT2D eigenvalue weighted by molar-refractivity contribution is 1.29. The molecule has 4 N–H and O–H groups in total. The fourth-order valence-electron chi connectivity index (χ4n) is 1.75. The Kier molecular flexibility index (Phi) is 3.37. The zero-order valence-corrected chi connectivity index (χ0v) is 11.3. The Hall–Kier alpha value is -2.57. The molecule has 1 heterocycles. The van der Waals surface area contributed by atoms with E-state index < -0.39 is 0 Å². The summed E-state index contributed by atoms with van der Waals surface area (Å²) in [6.07, 6.45) is 0. The van der Waals surface area contributed by atoms with Crippen LogP contribution in [0.5, 0.6) is 0 Å². The van der Waals surface area contributed by atoms with E-state index in [4.69, 9.17) is 11.5 Å². The van der Waals surface area contributed by atoms with Crippen LogP contribution >= 0.6 is 15.9 Å². The molecule has 0 aliphatic carbocycles. The maximum absolute atomic E-state index is 9.20. The Bertz CT molecular complexity index is 684. The van der Waals surface area contributed by atoms with Crippen molar-refractivity contribution < 1.29 is 0 Å². The van der Waals surface area contributed by atoms with E-state index in [1.54, 1.807) is 12.1 Å². The predicted octanol–water partition coefficient (Wildman–Crippen LogP) is 2.42. The molecule has 2 rings (SSSR count). The molecule has 0 fully saturated rings. The van der Waals surface area contributed by atoms with E-state index in [0.717, 1.165) is 4.47 Å². The monoisotopic (exact) mass is 313 g/mol. The minimum atomic E-state index is 0.0249. The van der Waals surface area contributed by atoms with Gasteiger partial charge in [-0.25, -0.2) is 4.98 Å². The highest BCUT2D eigenvalue weighted by Crippen LogP contribution is 2.33. The van der Waals surface area contributed by atoms with Crippen LogP contribution in [0.25, 0.3) is 11.1 Å². The van der Waals surface area contributed by atoms with Crippen LogP contribution in [0, 0.1) is 22.7 Å². The fraction of sp³-hybridized carbons (Fsp3) is 0. The van der Waals surface area contributed by atoms with Crippen molar-refractivity contribution in [2.24, 2.45) is 0 Å². The SMILES string of the molecule is N#Cc1c(N)nc(N)c(C#N)c1-c1ccc(Br)cc1. The number of benzene rings is 1. The van der Waals surface area contributed by atoms with Crippen molar-refractivity contribution in [3.63, 3.8) is 0 Å². The van der Waals surface area contributed by atoms with Crippen molar-refractivity contribution in [3.8, 4) is 23.3 Å². The summed E-state index contributed by atoms with van der Waals surface area (Å²) in [5.74, 6) is 0.0498. The first kappa shape index (κ1) is 12.9. The molecule has 0 spiro atoms. The van der Waals surface area contributed by atoms with Crippen molar-refractivity contribution in [2.75, 3.05) is 11.5 Å². The summed E-state index contributed by atoms with van der Waals surface area (Å²) in [5.41, 5.74) is 12.8. The van der Waals surface area contributed by atoms with Gasteiger partial charge in [0.05, 0.1) is 0 Å². The van der Waals surface area contributed by atoms with E-state index in [1.165, 1.54) is 0 Å². The van der Waals surface area contributed by atoms with E-state index in [9.17, 15) is 10.5 Å². The van der Waals surface area contributed by atoms with Gasteiger partial charge in [-0.1, -0.05) is 28.1 Å². The third-order valence-electron chi connectivity index (χ3n) is 2.61. The number of hydrogen-bond donors (Lipinski definition) is 2. The first-order chi connectivity index (χ1) is 9.08. The van der Waals surface area contributed by atoms with Crippen molar-refractivity contribution in [1.82, 2.24) is 4.98 Å². The maximum Gasteiger partial charge on any atom is 0.144 e. The van der Waals surface area contributed by atoms with Gasteiger partial charge in [0.15, 0.2) is 0 Å². The highest BCUT2D eigenvalue weighted by molar-refractivity contribution is 9.10. The van der Waals surface area contributed by atoms with E-state index >= 15 is 0 Å². The number of aromatic nitrogens is 1. The number of anilines is 2. The third kappa shape index (κ3) is 2.22. The summed E-state index contributed by atoms with van der Waals surface area (Å²) in [7, 11) is 0. The van der Waals surface area contributed by atoms with Crippen molar-refractivity contribution in [1.29, 1.82) is 10.5 Å². The molecule has 0 saturated heterocycles. The predicted molar refractivity (Wildman–Crippen MR) is 75.6 cm³/mol. The van der Waals surface area contributed by atoms with E-state index in [0.29, 0.717) is 11.1 Å². The van der Waals surface area contributed by atoms with E-state index in [-0.39, 0.29) is 22.8 Å². The van der Waals surface area contributed by atoms with E-state index in [1.807, 2.05) is 24.3 Å². The number of nitrogen functional groups attached to an aromatic ring is 2. The molecule has 19 heavy (non-hydrogen) atoms. The summed E-state index contributed by atoms with van der Waals surface area (Å²) >= 11 is 3.33. The summed E-state index contributed by atoms with van der Waals surface area (Å²) in [4.78, 5) is 3.82.